The monoisotopic (exact) mass is 369 g/mol. The molecule has 6 nitrogen and oxygen atoms in total. The predicted molar refractivity (Wildman–Crippen MR) is 102 cm³/mol. The lowest BCUT2D eigenvalue weighted by atomic mass is 9.93. The molecule has 3 heterocycles. The normalized spacial score (nSPS) is 19.3. The summed E-state index contributed by atoms with van der Waals surface area (Å²) in [4.78, 5) is 11.4. The van der Waals surface area contributed by atoms with Crippen molar-refractivity contribution in [3.05, 3.63) is 53.6 Å². The van der Waals surface area contributed by atoms with Gasteiger partial charge in [0.1, 0.15) is 17.2 Å². The number of para-hydroxylation sites is 1. The Kier molecular flexibility index (Phi) is 5.66. The molecule has 0 amide bonds. The smallest absolute Gasteiger partial charge is 0.130 e. The summed E-state index contributed by atoms with van der Waals surface area (Å²) in [6, 6.07) is 8.37. The number of aromatic nitrogens is 2. The summed E-state index contributed by atoms with van der Waals surface area (Å²) in [5, 5.41) is 0. The minimum Gasteiger partial charge on any atom is -0.485 e. The summed E-state index contributed by atoms with van der Waals surface area (Å²) >= 11 is 0. The third-order valence-electron chi connectivity index (χ3n) is 5.30. The van der Waals surface area contributed by atoms with Gasteiger partial charge in [-0.1, -0.05) is 18.2 Å². The van der Waals surface area contributed by atoms with Crippen LogP contribution >= 0.6 is 0 Å². The Hall–Kier alpha value is -2.02. The Balaban J connectivity index is 1.52. The molecule has 4 rings (SSSR count). The van der Waals surface area contributed by atoms with Crippen LogP contribution in [0.25, 0.3) is 0 Å². The van der Waals surface area contributed by atoms with Crippen LogP contribution in [0.15, 0.2) is 36.7 Å². The molecule has 2 aliphatic heterocycles. The summed E-state index contributed by atoms with van der Waals surface area (Å²) < 4.78 is 17.2. The van der Waals surface area contributed by atoms with Crippen LogP contribution in [-0.2, 0) is 29.0 Å². The molecule has 2 aromatic rings. The molecule has 0 saturated carbocycles. The van der Waals surface area contributed by atoms with Gasteiger partial charge in [-0.05, 0) is 6.07 Å². The lowest BCUT2D eigenvalue weighted by Crippen LogP contribution is -2.49. The van der Waals surface area contributed by atoms with E-state index < -0.39 is 0 Å². The van der Waals surface area contributed by atoms with Crippen molar-refractivity contribution in [2.75, 3.05) is 33.5 Å². The Morgan fingerprint density at radius 3 is 2.70 bits per heavy atom. The standard InChI is InChI=1S/C21H27N3O3/c1-25-9-6-20-22-12-17(13-23-20)14-24-15-18-4-2-3-5-19(18)27-21(16-24)7-10-26-11-8-21/h2-5,12-13H,6-11,14-16H2,1H3. The minimum absolute atomic E-state index is 0.176. The van der Waals surface area contributed by atoms with Crippen LogP contribution in [0.4, 0.5) is 0 Å². The van der Waals surface area contributed by atoms with Gasteiger partial charge in [-0.25, -0.2) is 9.97 Å². The van der Waals surface area contributed by atoms with Crippen molar-refractivity contribution in [1.29, 1.82) is 0 Å². The maximum Gasteiger partial charge on any atom is 0.130 e. The molecule has 1 saturated heterocycles. The van der Waals surface area contributed by atoms with Gasteiger partial charge >= 0.3 is 0 Å². The van der Waals surface area contributed by atoms with Crippen molar-refractivity contribution in [2.24, 2.45) is 0 Å². The number of hydrogen-bond acceptors (Lipinski definition) is 6. The highest BCUT2D eigenvalue weighted by molar-refractivity contribution is 5.35. The van der Waals surface area contributed by atoms with Crippen molar-refractivity contribution in [3.8, 4) is 5.75 Å². The van der Waals surface area contributed by atoms with E-state index in [-0.39, 0.29) is 5.60 Å². The first-order chi connectivity index (χ1) is 13.3. The van der Waals surface area contributed by atoms with E-state index in [0.717, 1.165) is 69.2 Å². The fourth-order valence-electron chi connectivity index (χ4n) is 3.86. The number of methoxy groups -OCH3 is 1. The molecule has 6 heteroatoms. The van der Waals surface area contributed by atoms with Gasteiger partial charge in [-0.3, -0.25) is 4.90 Å². The van der Waals surface area contributed by atoms with E-state index in [1.807, 2.05) is 18.5 Å². The van der Waals surface area contributed by atoms with Crippen LogP contribution in [-0.4, -0.2) is 53.9 Å². The van der Waals surface area contributed by atoms with Crippen LogP contribution in [0.1, 0.15) is 29.8 Å². The van der Waals surface area contributed by atoms with E-state index >= 15 is 0 Å². The highest BCUT2D eigenvalue weighted by Crippen LogP contribution is 2.35. The molecule has 2 aliphatic rings. The maximum atomic E-state index is 6.55. The van der Waals surface area contributed by atoms with Gasteiger partial charge in [0.05, 0.1) is 19.8 Å². The molecule has 0 atom stereocenters. The fourth-order valence-corrected chi connectivity index (χ4v) is 3.86. The van der Waals surface area contributed by atoms with E-state index in [1.165, 1.54) is 5.56 Å². The summed E-state index contributed by atoms with van der Waals surface area (Å²) in [6.07, 6.45) is 6.46. The van der Waals surface area contributed by atoms with Crippen molar-refractivity contribution in [1.82, 2.24) is 14.9 Å². The van der Waals surface area contributed by atoms with Gasteiger partial charge in [0, 0.05) is 69.5 Å². The van der Waals surface area contributed by atoms with Crippen LogP contribution in [0, 0.1) is 0 Å². The van der Waals surface area contributed by atoms with Crippen molar-refractivity contribution < 1.29 is 14.2 Å². The zero-order chi connectivity index (χ0) is 18.5. The van der Waals surface area contributed by atoms with E-state index in [0.29, 0.717) is 6.61 Å². The van der Waals surface area contributed by atoms with Crippen molar-refractivity contribution in [2.45, 2.75) is 38.0 Å². The second kappa shape index (κ2) is 8.33. The highest BCUT2D eigenvalue weighted by Gasteiger charge is 2.39. The number of nitrogens with zero attached hydrogens (tertiary/aromatic N) is 3. The molecule has 144 valence electrons. The molecule has 1 aromatic heterocycles. The first-order valence-electron chi connectivity index (χ1n) is 9.62. The quantitative estimate of drug-likeness (QED) is 0.808. The average Bonchev–Trinajstić information content (AvgIpc) is 2.84. The SMILES string of the molecule is COCCc1ncc(CN2Cc3ccccc3OC3(CCOCC3)C2)cn1. The van der Waals surface area contributed by atoms with Crippen LogP contribution in [0.2, 0.25) is 0 Å². The van der Waals surface area contributed by atoms with E-state index in [9.17, 15) is 0 Å². The largest absolute Gasteiger partial charge is 0.485 e. The van der Waals surface area contributed by atoms with E-state index in [1.54, 1.807) is 7.11 Å². The Morgan fingerprint density at radius 2 is 1.93 bits per heavy atom. The molecule has 0 unspecified atom stereocenters. The predicted octanol–water partition coefficient (Wildman–Crippen LogP) is 2.61. The van der Waals surface area contributed by atoms with Gasteiger partial charge in [0.2, 0.25) is 0 Å². The first-order valence-corrected chi connectivity index (χ1v) is 9.62. The Labute approximate surface area is 160 Å². The van der Waals surface area contributed by atoms with Gasteiger partial charge in [0.15, 0.2) is 0 Å². The van der Waals surface area contributed by atoms with Gasteiger partial charge in [-0.15, -0.1) is 0 Å². The molecular weight excluding hydrogens is 342 g/mol. The Morgan fingerprint density at radius 1 is 1.15 bits per heavy atom. The minimum atomic E-state index is -0.176. The van der Waals surface area contributed by atoms with E-state index in [2.05, 4.69) is 33.1 Å². The number of rotatable bonds is 5. The first kappa shape index (κ1) is 18.3. The summed E-state index contributed by atoms with van der Waals surface area (Å²) in [5.41, 5.74) is 2.18. The zero-order valence-corrected chi connectivity index (χ0v) is 15.9. The van der Waals surface area contributed by atoms with E-state index in [4.69, 9.17) is 14.2 Å². The summed E-state index contributed by atoms with van der Waals surface area (Å²) in [7, 11) is 1.69. The molecule has 0 bridgehead atoms. The van der Waals surface area contributed by atoms with Crippen molar-refractivity contribution >= 4 is 0 Å². The topological polar surface area (TPSA) is 56.7 Å². The lowest BCUT2D eigenvalue weighted by Gasteiger charge is -2.39. The van der Waals surface area contributed by atoms with Gasteiger partial charge < -0.3 is 14.2 Å². The van der Waals surface area contributed by atoms with Crippen LogP contribution < -0.4 is 4.74 Å². The number of fused-ring (bicyclic) bond motifs is 1. The molecule has 0 N–H and O–H groups in total. The molecule has 27 heavy (non-hydrogen) atoms. The average molecular weight is 369 g/mol. The molecule has 1 aromatic carbocycles. The molecule has 1 fully saturated rings. The zero-order valence-electron chi connectivity index (χ0n) is 15.9. The number of hydrogen-bond donors (Lipinski definition) is 0. The molecule has 0 radical (unpaired) electrons. The highest BCUT2D eigenvalue weighted by atomic mass is 16.5. The second-order valence-corrected chi connectivity index (χ2v) is 7.40. The number of ether oxygens (including phenoxy) is 3. The van der Waals surface area contributed by atoms with Gasteiger partial charge in [0.25, 0.3) is 0 Å². The fraction of sp³-hybridized carbons (Fsp3) is 0.524. The lowest BCUT2D eigenvalue weighted by molar-refractivity contribution is -0.0594. The molecular formula is C21H27N3O3. The summed E-state index contributed by atoms with van der Waals surface area (Å²) in [6.45, 7) is 4.72. The third kappa shape index (κ3) is 4.46. The molecule has 0 aliphatic carbocycles. The third-order valence-corrected chi connectivity index (χ3v) is 5.30. The molecule has 1 spiro atoms. The summed E-state index contributed by atoms with van der Waals surface area (Å²) in [5.74, 6) is 1.83. The second-order valence-electron chi connectivity index (χ2n) is 7.40. The van der Waals surface area contributed by atoms with Crippen molar-refractivity contribution in [3.63, 3.8) is 0 Å². The van der Waals surface area contributed by atoms with Gasteiger partial charge in [-0.2, -0.15) is 0 Å². The number of benzene rings is 1. The Bertz CT molecular complexity index is 745. The van der Waals surface area contributed by atoms with Crippen LogP contribution in [0.5, 0.6) is 5.75 Å². The maximum absolute atomic E-state index is 6.55. The van der Waals surface area contributed by atoms with Crippen LogP contribution in [0.3, 0.4) is 0 Å².